The molecule has 22 heavy (non-hydrogen) atoms. The zero-order valence-electron chi connectivity index (χ0n) is 13.1. The van der Waals surface area contributed by atoms with Gasteiger partial charge in [0.2, 0.25) is 15.9 Å². The number of aromatic nitrogens is 1. The van der Waals surface area contributed by atoms with Gasteiger partial charge in [-0.15, -0.1) is 0 Å². The van der Waals surface area contributed by atoms with Crippen LogP contribution in [-0.4, -0.2) is 48.1 Å². The fourth-order valence-corrected chi connectivity index (χ4v) is 4.48. The molecule has 0 radical (unpaired) electrons. The van der Waals surface area contributed by atoms with Crippen LogP contribution in [0, 0.1) is 0 Å². The zero-order chi connectivity index (χ0) is 16.0. The Hall–Kier alpha value is -1.34. The molecule has 6 nitrogen and oxygen atoms in total. The summed E-state index contributed by atoms with van der Waals surface area (Å²) < 4.78 is 27.5. The Kier molecular flexibility index (Phi) is 6.02. The maximum Gasteiger partial charge on any atom is 0.238 e. The summed E-state index contributed by atoms with van der Waals surface area (Å²) in [5, 5.41) is 2.88. The molecule has 2 heterocycles. The molecule has 1 amide bonds. The highest BCUT2D eigenvalue weighted by atomic mass is 32.2. The number of hydrogen-bond acceptors (Lipinski definition) is 3. The third-order valence-corrected chi connectivity index (χ3v) is 5.91. The van der Waals surface area contributed by atoms with Crippen LogP contribution in [0.25, 0.3) is 0 Å². The summed E-state index contributed by atoms with van der Waals surface area (Å²) >= 11 is 0. The van der Waals surface area contributed by atoms with E-state index in [9.17, 15) is 13.2 Å². The van der Waals surface area contributed by atoms with Crippen LogP contribution in [0.3, 0.4) is 0 Å². The number of nitrogens with zero attached hydrogens (tertiary/aromatic N) is 2. The lowest BCUT2D eigenvalue weighted by Gasteiger charge is -2.25. The van der Waals surface area contributed by atoms with Gasteiger partial charge in [0.25, 0.3) is 0 Å². The number of carbonyl (C=O) groups is 1. The van der Waals surface area contributed by atoms with E-state index in [4.69, 9.17) is 0 Å². The van der Waals surface area contributed by atoms with Crippen molar-refractivity contribution in [2.45, 2.75) is 45.2 Å². The van der Waals surface area contributed by atoms with Gasteiger partial charge in [0.1, 0.15) is 6.04 Å². The second kappa shape index (κ2) is 7.78. The molecular formula is C15H25N3O3S. The van der Waals surface area contributed by atoms with E-state index in [2.05, 4.69) is 5.32 Å². The molecule has 1 aromatic rings. The molecule has 1 aliphatic heterocycles. The Morgan fingerprint density at radius 2 is 2.05 bits per heavy atom. The minimum Gasteiger partial charge on any atom is -0.353 e. The maximum absolute atomic E-state index is 12.4. The lowest BCUT2D eigenvalue weighted by molar-refractivity contribution is -0.125. The monoisotopic (exact) mass is 327 g/mol. The maximum atomic E-state index is 12.4. The molecule has 124 valence electrons. The average Bonchev–Trinajstić information content (AvgIpc) is 3.09. The van der Waals surface area contributed by atoms with Gasteiger partial charge in [0, 0.05) is 32.0 Å². The summed E-state index contributed by atoms with van der Waals surface area (Å²) in [6.07, 6.45) is 6.87. The van der Waals surface area contributed by atoms with Crippen molar-refractivity contribution in [3.8, 4) is 0 Å². The molecule has 1 aliphatic rings. The first kappa shape index (κ1) is 17.0. The van der Waals surface area contributed by atoms with Crippen molar-refractivity contribution in [2.75, 3.05) is 18.8 Å². The summed E-state index contributed by atoms with van der Waals surface area (Å²) in [5.74, 6) is -0.0159. The largest absolute Gasteiger partial charge is 0.353 e. The molecule has 0 bridgehead atoms. The molecule has 0 spiro atoms. The van der Waals surface area contributed by atoms with Gasteiger partial charge in [0.05, 0.1) is 5.75 Å². The van der Waals surface area contributed by atoms with Gasteiger partial charge in [-0.3, -0.25) is 4.79 Å². The molecule has 1 N–H and O–H groups in total. The molecule has 7 heteroatoms. The van der Waals surface area contributed by atoms with Crippen molar-refractivity contribution in [1.29, 1.82) is 0 Å². The Morgan fingerprint density at radius 3 is 2.64 bits per heavy atom. The van der Waals surface area contributed by atoms with Crippen molar-refractivity contribution < 1.29 is 13.2 Å². The van der Waals surface area contributed by atoms with Crippen LogP contribution in [0.15, 0.2) is 24.5 Å². The van der Waals surface area contributed by atoms with Crippen LogP contribution in [0.5, 0.6) is 0 Å². The van der Waals surface area contributed by atoms with E-state index in [-0.39, 0.29) is 11.7 Å². The molecule has 0 aliphatic carbocycles. The summed E-state index contributed by atoms with van der Waals surface area (Å²) in [5.41, 5.74) is 0. The van der Waals surface area contributed by atoms with Crippen LogP contribution >= 0.6 is 0 Å². The van der Waals surface area contributed by atoms with E-state index < -0.39 is 16.1 Å². The normalized spacial score (nSPS) is 19.1. The predicted molar refractivity (Wildman–Crippen MR) is 85.9 cm³/mol. The van der Waals surface area contributed by atoms with Crippen molar-refractivity contribution in [3.63, 3.8) is 0 Å². The van der Waals surface area contributed by atoms with Gasteiger partial charge < -0.3 is 9.88 Å². The first-order valence-electron chi connectivity index (χ1n) is 7.92. The topological polar surface area (TPSA) is 71.4 Å². The lowest BCUT2D eigenvalue weighted by Crippen LogP contribution is -2.48. The summed E-state index contributed by atoms with van der Waals surface area (Å²) in [6, 6.07) is 3.31. The number of sulfonamides is 1. The summed E-state index contributed by atoms with van der Waals surface area (Å²) in [6.45, 7) is 3.69. The van der Waals surface area contributed by atoms with Crippen molar-refractivity contribution in [3.05, 3.63) is 24.5 Å². The van der Waals surface area contributed by atoms with Crippen LogP contribution < -0.4 is 5.32 Å². The van der Waals surface area contributed by atoms with Crippen LogP contribution in [-0.2, 0) is 21.4 Å². The number of carbonyl (C=O) groups excluding carboxylic acids is 1. The second-order valence-electron chi connectivity index (χ2n) is 5.65. The van der Waals surface area contributed by atoms with E-state index in [0.29, 0.717) is 32.5 Å². The third-order valence-electron chi connectivity index (χ3n) is 3.95. The number of hydrogen-bond donors (Lipinski definition) is 1. The van der Waals surface area contributed by atoms with Gasteiger partial charge >= 0.3 is 0 Å². The SMILES string of the molecule is CCCC[C@H](C(=O)NCCn1cccc1)N1CCCS1(=O)=O. The quantitative estimate of drug-likeness (QED) is 0.780. The smallest absolute Gasteiger partial charge is 0.238 e. The van der Waals surface area contributed by atoms with E-state index in [0.717, 1.165) is 12.8 Å². The van der Waals surface area contributed by atoms with Gasteiger partial charge in [0.15, 0.2) is 0 Å². The molecule has 1 atom stereocenters. The molecule has 0 saturated carbocycles. The molecule has 0 unspecified atom stereocenters. The van der Waals surface area contributed by atoms with E-state index in [1.807, 2.05) is 36.0 Å². The van der Waals surface area contributed by atoms with E-state index in [1.165, 1.54) is 4.31 Å². The fraction of sp³-hybridized carbons (Fsp3) is 0.667. The van der Waals surface area contributed by atoms with Gasteiger partial charge in [-0.25, -0.2) is 8.42 Å². The standard InChI is InChI=1S/C15H25N3O3S/c1-2-3-7-14(18-11-6-13-22(18,20)21)15(19)16-8-12-17-9-4-5-10-17/h4-5,9-10,14H,2-3,6-8,11-13H2,1H3,(H,16,19)/t14-/m1/s1. The van der Waals surface area contributed by atoms with Gasteiger partial charge in [-0.05, 0) is 25.0 Å². The minimum absolute atomic E-state index is 0.159. The van der Waals surface area contributed by atoms with Crippen molar-refractivity contribution in [1.82, 2.24) is 14.2 Å². The van der Waals surface area contributed by atoms with Gasteiger partial charge in [-0.1, -0.05) is 19.8 Å². The number of nitrogens with one attached hydrogen (secondary N) is 1. The first-order chi connectivity index (χ1) is 10.5. The second-order valence-corrected chi connectivity index (χ2v) is 7.69. The van der Waals surface area contributed by atoms with E-state index >= 15 is 0 Å². The highest BCUT2D eigenvalue weighted by Gasteiger charge is 2.37. The Bertz CT molecular complexity index is 569. The molecule has 1 saturated heterocycles. The number of amides is 1. The Morgan fingerprint density at radius 1 is 1.32 bits per heavy atom. The third kappa shape index (κ3) is 4.33. The lowest BCUT2D eigenvalue weighted by atomic mass is 10.1. The van der Waals surface area contributed by atoms with Crippen molar-refractivity contribution in [2.24, 2.45) is 0 Å². The van der Waals surface area contributed by atoms with Crippen LogP contribution in [0.4, 0.5) is 0 Å². The summed E-state index contributed by atoms with van der Waals surface area (Å²) in [4.78, 5) is 12.4. The Labute approximate surface area is 132 Å². The first-order valence-corrected chi connectivity index (χ1v) is 9.53. The molecule has 0 aromatic carbocycles. The number of unbranched alkanes of at least 4 members (excludes halogenated alkanes) is 1. The van der Waals surface area contributed by atoms with Crippen LogP contribution in [0.1, 0.15) is 32.6 Å². The molecule has 1 aromatic heterocycles. The highest BCUT2D eigenvalue weighted by Crippen LogP contribution is 2.20. The molecule has 1 fully saturated rings. The van der Waals surface area contributed by atoms with E-state index in [1.54, 1.807) is 0 Å². The number of rotatable bonds is 8. The molecular weight excluding hydrogens is 302 g/mol. The zero-order valence-corrected chi connectivity index (χ0v) is 13.9. The Balaban J connectivity index is 1.93. The molecule has 2 rings (SSSR count). The van der Waals surface area contributed by atoms with Crippen molar-refractivity contribution >= 4 is 15.9 Å². The average molecular weight is 327 g/mol. The van der Waals surface area contributed by atoms with Gasteiger partial charge in [-0.2, -0.15) is 4.31 Å². The van der Waals surface area contributed by atoms with Crippen LogP contribution in [0.2, 0.25) is 0 Å². The fourth-order valence-electron chi connectivity index (χ4n) is 2.76. The predicted octanol–water partition coefficient (Wildman–Crippen LogP) is 1.20. The minimum atomic E-state index is -3.26. The summed E-state index contributed by atoms with van der Waals surface area (Å²) in [7, 11) is -3.26. The highest BCUT2D eigenvalue weighted by molar-refractivity contribution is 7.89.